The summed E-state index contributed by atoms with van der Waals surface area (Å²) in [5.41, 5.74) is 0. The molecule has 1 aromatic carbocycles. The highest BCUT2D eigenvalue weighted by molar-refractivity contribution is 6.37. The third-order valence-corrected chi connectivity index (χ3v) is 1.66. The molecule has 2 N–H and O–H groups in total. The van der Waals surface area contributed by atoms with E-state index in [1.54, 1.807) is 0 Å². The maximum atomic E-state index is 8.44. The Labute approximate surface area is 79.7 Å². The zero-order valence-corrected chi connectivity index (χ0v) is 7.38. The van der Waals surface area contributed by atoms with E-state index in [4.69, 9.17) is 33.2 Å². The van der Waals surface area contributed by atoms with Gasteiger partial charge >= 0.3 is 7.32 Å². The molecule has 0 atom stereocenters. The minimum absolute atomic E-state index is 0.177. The minimum atomic E-state index is -1.87. The van der Waals surface area contributed by atoms with E-state index in [-0.39, 0.29) is 10.8 Å². The van der Waals surface area contributed by atoms with Crippen molar-refractivity contribution in [3.8, 4) is 5.75 Å². The molecule has 6 heteroatoms. The smallest absolute Gasteiger partial charge is 0.511 e. The molecule has 0 aliphatic heterocycles. The van der Waals surface area contributed by atoms with Gasteiger partial charge in [0.15, 0.2) is 0 Å². The van der Waals surface area contributed by atoms with Gasteiger partial charge < -0.3 is 14.7 Å². The fraction of sp³-hybridized carbons (Fsp3) is 0. The van der Waals surface area contributed by atoms with Crippen molar-refractivity contribution in [2.45, 2.75) is 0 Å². The van der Waals surface area contributed by atoms with Gasteiger partial charge in [-0.25, -0.2) is 0 Å². The van der Waals surface area contributed by atoms with Gasteiger partial charge in [-0.1, -0.05) is 23.2 Å². The summed E-state index contributed by atoms with van der Waals surface area (Å²) in [4.78, 5) is 0. The van der Waals surface area contributed by atoms with Gasteiger partial charge in [-0.05, 0) is 18.2 Å². The van der Waals surface area contributed by atoms with Crippen LogP contribution in [0, 0.1) is 0 Å². The van der Waals surface area contributed by atoms with Crippen LogP contribution < -0.4 is 4.65 Å². The second-order valence-electron chi connectivity index (χ2n) is 2.02. The van der Waals surface area contributed by atoms with Crippen LogP contribution in [-0.4, -0.2) is 17.4 Å². The van der Waals surface area contributed by atoms with Crippen molar-refractivity contribution < 1.29 is 14.7 Å². The molecular weight excluding hydrogens is 202 g/mol. The highest BCUT2D eigenvalue weighted by atomic mass is 35.5. The molecule has 12 heavy (non-hydrogen) atoms. The Balaban J connectivity index is 2.86. The third kappa shape index (κ3) is 2.57. The van der Waals surface area contributed by atoms with Crippen LogP contribution in [-0.2, 0) is 0 Å². The maximum Gasteiger partial charge on any atom is 0.707 e. The Bertz CT molecular complexity index is 279. The topological polar surface area (TPSA) is 49.7 Å². The van der Waals surface area contributed by atoms with Crippen molar-refractivity contribution >= 4 is 30.5 Å². The van der Waals surface area contributed by atoms with Crippen LogP contribution in [0.15, 0.2) is 18.2 Å². The van der Waals surface area contributed by atoms with Gasteiger partial charge in [0.2, 0.25) is 0 Å². The molecule has 0 amide bonds. The Hall–Kier alpha value is -0.415. The lowest BCUT2D eigenvalue weighted by Crippen LogP contribution is -2.20. The van der Waals surface area contributed by atoms with Crippen molar-refractivity contribution in [2.24, 2.45) is 0 Å². The second kappa shape index (κ2) is 4.00. The van der Waals surface area contributed by atoms with Gasteiger partial charge in [0.25, 0.3) is 0 Å². The largest absolute Gasteiger partial charge is 0.707 e. The highest BCUT2D eigenvalue weighted by Gasteiger charge is 2.13. The molecule has 64 valence electrons. The van der Waals surface area contributed by atoms with Gasteiger partial charge in [-0.15, -0.1) is 0 Å². The number of halogens is 2. The van der Waals surface area contributed by atoms with Crippen molar-refractivity contribution in [1.29, 1.82) is 0 Å². The van der Waals surface area contributed by atoms with Crippen LogP contribution in [0.2, 0.25) is 10.0 Å². The van der Waals surface area contributed by atoms with Crippen molar-refractivity contribution in [3.05, 3.63) is 28.2 Å². The maximum absolute atomic E-state index is 8.44. The molecule has 0 aliphatic rings. The molecule has 0 unspecified atom stereocenters. The first kappa shape index (κ1) is 9.67. The van der Waals surface area contributed by atoms with Gasteiger partial charge in [0.05, 0.1) is 5.02 Å². The monoisotopic (exact) mass is 206 g/mol. The summed E-state index contributed by atoms with van der Waals surface area (Å²) >= 11 is 11.2. The zero-order valence-electron chi connectivity index (χ0n) is 5.87. The predicted octanol–water partition coefficient (Wildman–Crippen LogP) is 1.34. The van der Waals surface area contributed by atoms with Crippen LogP contribution in [0.4, 0.5) is 0 Å². The van der Waals surface area contributed by atoms with Crippen LogP contribution in [0.3, 0.4) is 0 Å². The van der Waals surface area contributed by atoms with Crippen LogP contribution in [0.1, 0.15) is 0 Å². The summed E-state index contributed by atoms with van der Waals surface area (Å²) in [7, 11) is -1.87. The lowest BCUT2D eigenvalue weighted by Gasteiger charge is -2.05. The predicted molar refractivity (Wildman–Crippen MR) is 47.3 cm³/mol. The molecular formula is C6H5BCl2O3. The number of hydrogen-bond acceptors (Lipinski definition) is 3. The molecule has 0 bridgehead atoms. The van der Waals surface area contributed by atoms with Crippen LogP contribution >= 0.6 is 23.2 Å². The van der Waals surface area contributed by atoms with Gasteiger partial charge in [0.1, 0.15) is 5.75 Å². The SMILES string of the molecule is OB(O)Oc1ccc(Cl)cc1Cl. The van der Waals surface area contributed by atoms with E-state index >= 15 is 0 Å². The van der Waals surface area contributed by atoms with E-state index < -0.39 is 7.32 Å². The summed E-state index contributed by atoms with van der Waals surface area (Å²) in [6, 6.07) is 4.43. The summed E-state index contributed by atoms with van der Waals surface area (Å²) in [5.74, 6) is 0.177. The van der Waals surface area contributed by atoms with Crippen molar-refractivity contribution in [3.63, 3.8) is 0 Å². The van der Waals surface area contributed by atoms with E-state index in [0.717, 1.165) is 0 Å². The van der Waals surface area contributed by atoms with E-state index in [1.807, 2.05) is 0 Å². The Kier molecular flexibility index (Phi) is 3.23. The van der Waals surface area contributed by atoms with Gasteiger partial charge in [-0.2, -0.15) is 0 Å². The Morgan fingerprint density at radius 2 is 1.92 bits per heavy atom. The summed E-state index contributed by atoms with van der Waals surface area (Å²) in [6.07, 6.45) is 0. The fourth-order valence-corrected chi connectivity index (χ4v) is 1.14. The second-order valence-corrected chi connectivity index (χ2v) is 2.86. The van der Waals surface area contributed by atoms with E-state index in [1.165, 1.54) is 18.2 Å². The number of hydrogen-bond donors (Lipinski definition) is 2. The van der Waals surface area contributed by atoms with Crippen LogP contribution in [0.5, 0.6) is 5.75 Å². The first-order valence-corrected chi connectivity index (χ1v) is 3.83. The summed E-state index contributed by atoms with van der Waals surface area (Å²) in [6.45, 7) is 0. The van der Waals surface area contributed by atoms with E-state index in [2.05, 4.69) is 4.65 Å². The number of rotatable bonds is 2. The molecule has 0 aliphatic carbocycles. The normalized spacial score (nSPS) is 9.67. The molecule has 0 saturated carbocycles. The molecule has 0 aromatic heterocycles. The zero-order chi connectivity index (χ0) is 9.14. The van der Waals surface area contributed by atoms with Crippen LogP contribution in [0.25, 0.3) is 0 Å². The minimum Gasteiger partial charge on any atom is -0.511 e. The lowest BCUT2D eigenvalue weighted by atomic mass is 10.2. The van der Waals surface area contributed by atoms with Crippen molar-refractivity contribution in [2.75, 3.05) is 0 Å². The first-order valence-electron chi connectivity index (χ1n) is 3.07. The Morgan fingerprint density at radius 3 is 2.42 bits per heavy atom. The molecule has 3 nitrogen and oxygen atoms in total. The molecule has 1 aromatic rings. The highest BCUT2D eigenvalue weighted by Crippen LogP contribution is 2.27. The molecule has 0 radical (unpaired) electrons. The molecule has 0 spiro atoms. The van der Waals surface area contributed by atoms with Crippen molar-refractivity contribution in [1.82, 2.24) is 0 Å². The first-order chi connectivity index (χ1) is 5.59. The quantitative estimate of drug-likeness (QED) is 0.719. The average molecular weight is 207 g/mol. The third-order valence-electron chi connectivity index (χ3n) is 1.13. The molecule has 0 fully saturated rings. The van der Waals surface area contributed by atoms with E-state index in [0.29, 0.717) is 5.02 Å². The fourth-order valence-electron chi connectivity index (χ4n) is 0.684. The van der Waals surface area contributed by atoms with Gasteiger partial charge in [-0.3, -0.25) is 0 Å². The average Bonchev–Trinajstić information content (AvgIpc) is 1.94. The Morgan fingerprint density at radius 1 is 1.25 bits per heavy atom. The molecule has 1 rings (SSSR count). The number of benzene rings is 1. The van der Waals surface area contributed by atoms with Gasteiger partial charge in [0, 0.05) is 5.02 Å². The van der Waals surface area contributed by atoms with E-state index in [9.17, 15) is 0 Å². The summed E-state index contributed by atoms with van der Waals surface area (Å²) < 4.78 is 4.52. The lowest BCUT2D eigenvalue weighted by molar-refractivity contribution is 0.288. The molecule has 0 heterocycles. The standard InChI is InChI=1S/C6H5BCl2O3/c8-4-1-2-6(5(9)3-4)12-7(10)11/h1-3,10-11H. The summed E-state index contributed by atoms with van der Waals surface area (Å²) in [5, 5.41) is 17.6. The molecule has 0 saturated heterocycles.